The van der Waals surface area contributed by atoms with Crippen LogP contribution in [0.3, 0.4) is 0 Å². The van der Waals surface area contributed by atoms with Crippen molar-refractivity contribution in [1.82, 2.24) is 4.90 Å². The number of ether oxygens (including phenoxy) is 1. The Morgan fingerprint density at radius 2 is 2.00 bits per heavy atom. The molecule has 3 N–H and O–H groups in total. The molecule has 8 heteroatoms. The quantitative estimate of drug-likeness (QED) is 0.831. The summed E-state index contributed by atoms with van der Waals surface area (Å²) in [6.07, 6.45) is 0.784. The first kappa shape index (κ1) is 17.0. The molecular formula is C12H15Cl3N2O3. The number of halogens is 3. The Kier molecular flexibility index (Phi) is 6.52. The second kappa shape index (κ2) is 7.67. The second-order valence-corrected chi connectivity index (χ2v) is 5.20. The van der Waals surface area contributed by atoms with Crippen molar-refractivity contribution in [3.05, 3.63) is 21.1 Å². The van der Waals surface area contributed by atoms with Crippen LogP contribution in [0.5, 0.6) is 11.5 Å². The predicted molar refractivity (Wildman–Crippen MR) is 80.1 cm³/mol. The van der Waals surface area contributed by atoms with Crippen LogP contribution in [-0.4, -0.2) is 35.7 Å². The lowest BCUT2D eigenvalue weighted by Crippen LogP contribution is -2.39. The van der Waals surface area contributed by atoms with Crippen LogP contribution in [0.15, 0.2) is 6.07 Å². The third kappa shape index (κ3) is 4.23. The van der Waals surface area contributed by atoms with Gasteiger partial charge in [0.1, 0.15) is 11.6 Å². The molecule has 0 heterocycles. The van der Waals surface area contributed by atoms with Gasteiger partial charge in [-0.05, 0) is 12.5 Å². The molecule has 0 fully saturated rings. The maximum atomic E-state index is 11.1. The summed E-state index contributed by atoms with van der Waals surface area (Å²) in [6, 6.07) is 0.809. The lowest BCUT2D eigenvalue weighted by Gasteiger charge is -2.20. The van der Waals surface area contributed by atoms with Gasteiger partial charge in [-0.2, -0.15) is 0 Å². The summed E-state index contributed by atoms with van der Waals surface area (Å²) < 4.78 is 5.40. The van der Waals surface area contributed by atoms with Crippen molar-refractivity contribution < 1.29 is 14.6 Å². The molecule has 0 radical (unpaired) electrons. The zero-order valence-electron chi connectivity index (χ0n) is 10.8. The number of carbonyl (C=O) groups excluding carboxylic acids is 1. The monoisotopic (exact) mass is 340 g/mol. The third-order valence-electron chi connectivity index (χ3n) is 2.52. The van der Waals surface area contributed by atoms with Crippen molar-refractivity contribution in [2.75, 3.05) is 19.7 Å². The highest BCUT2D eigenvalue weighted by Gasteiger charge is 2.16. The Morgan fingerprint density at radius 1 is 1.35 bits per heavy atom. The Bertz CT molecular complexity index is 497. The van der Waals surface area contributed by atoms with Crippen LogP contribution in [-0.2, 0) is 0 Å². The van der Waals surface area contributed by atoms with Crippen molar-refractivity contribution in [2.45, 2.75) is 13.3 Å². The number of nitrogens with two attached hydrogens (primary N) is 1. The number of amides is 2. The van der Waals surface area contributed by atoms with Crippen LogP contribution in [0.25, 0.3) is 0 Å². The van der Waals surface area contributed by atoms with Crippen LogP contribution in [0.1, 0.15) is 13.3 Å². The molecule has 1 aromatic carbocycles. The molecule has 0 aliphatic heterocycles. The number of urea groups is 1. The lowest BCUT2D eigenvalue weighted by molar-refractivity contribution is 0.191. The third-order valence-corrected chi connectivity index (χ3v) is 3.44. The molecular weight excluding hydrogens is 327 g/mol. The molecule has 1 rings (SSSR count). The smallest absolute Gasteiger partial charge is 0.314 e. The highest BCUT2D eigenvalue weighted by molar-refractivity contribution is 6.41. The minimum absolute atomic E-state index is 0.0390. The number of hydrogen-bond donors (Lipinski definition) is 2. The molecule has 112 valence electrons. The van der Waals surface area contributed by atoms with Crippen molar-refractivity contribution in [3.63, 3.8) is 0 Å². The molecule has 5 nitrogen and oxygen atoms in total. The van der Waals surface area contributed by atoms with Gasteiger partial charge in [0.15, 0.2) is 11.5 Å². The van der Waals surface area contributed by atoms with Gasteiger partial charge in [-0.1, -0.05) is 41.7 Å². The van der Waals surface area contributed by atoms with Gasteiger partial charge in [-0.3, -0.25) is 0 Å². The number of aromatic hydroxyl groups is 1. The average molecular weight is 342 g/mol. The van der Waals surface area contributed by atoms with Gasteiger partial charge in [-0.25, -0.2) is 4.79 Å². The summed E-state index contributed by atoms with van der Waals surface area (Å²) in [5.41, 5.74) is 5.23. The van der Waals surface area contributed by atoms with Gasteiger partial charge < -0.3 is 20.5 Å². The van der Waals surface area contributed by atoms with Crippen LogP contribution in [0, 0.1) is 0 Å². The number of hydrogen-bond acceptors (Lipinski definition) is 3. The summed E-state index contributed by atoms with van der Waals surface area (Å²) >= 11 is 17.5. The first-order valence-corrected chi connectivity index (χ1v) is 7.05. The summed E-state index contributed by atoms with van der Waals surface area (Å²) in [5, 5.41) is 9.76. The van der Waals surface area contributed by atoms with E-state index in [9.17, 15) is 9.90 Å². The Balaban J connectivity index is 2.71. The number of nitrogens with zero attached hydrogens (tertiary/aromatic N) is 1. The fourth-order valence-corrected chi connectivity index (χ4v) is 2.43. The normalized spacial score (nSPS) is 10.4. The highest BCUT2D eigenvalue weighted by atomic mass is 35.5. The van der Waals surface area contributed by atoms with Crippen molar-refractivity contribution >= 4 is 40.8 Å². The zero-order chi connectivity index (χ0) is 15.3. The van der Waals surface area contributed by atoms with Crippen LogP contribution < -0.4 is 10.5 Å². The summed E-state index contributed by atoms with van der Waals surface area (Å²) in [5.74, 6) is -0.177. The number of rotatable bonds is 6. The molecule has 0 unspecified atom stereocenters. The molecule has 0 saturated carbocycles. The molecule has 1 aromatic rings. The Morgan fingerprint density at radius 3 is 2.55 bits per heavy atom. The van der Waals surface area contributed by atoms with E-state index in [0.717, 1.165) is 6.42 Å². The minimum atomic E-state index is -0.522. The van der Waals surface area contributed by atoms with E-state index in [-0.39, 0.29) is 33.2 Å². The minimum Gasteiger partial charge on any atom is -0.505 e. The number of primary amides is 1. The van der Waals surface area contributed by atoms with Crippen molar-refractivity contribution in [1.29, 1.82) is 0 Å². The van der Waals surface area contributed by atoms with E-state index in [1.54, 1.807) is 0 Å². The van der Waals surface area contributed by atoms with E-state index in [4.69, 9.17) is 45.3 Å². The van der Waals surface area contributed by atoms with Gasteiger partial charge in [0.25, 0.3) is 0 Å². The summed E-state index contributed by atoms with van der Waals surface area (Å²) in [4.78, 5) is 12.6. The van der Waals surface area contributed by atoms with Crippen LogP contribution in [0.4, 0.5) is 4.79 Å². The van der Waals surface area contributed by atoms with Gasteiger partial charge in [0.05, 0.1) is 16.6 Å². The SMILES string of the molecule is CCCN(CCOc1c(Cl)cc(Cl)c(O)c1Cl)C(N)=O. The lowest BCUT2D eigenvalue weighted by atomic mass is 10.3. The largest absolute Gasteiger partial charge is 0.505 e. The van der Waals surface area contributed by atoms with E-state index < -0.39 is 6.03 Å². The Hall–Kier alpha value is -1.04. The number of benzene rings is 1. The van der Waals surface area contributed by atoms with Crippen LogP contribution >= 0.6 is 34.8 Å². The molecule has 2 amide bonds. The highest BCUT2D eigenvalue weighted by Crippen LogP contribution is 2.43. The van der Waals surface area contributed by atoms with Crippen molar-refractivity contribution in [2.24, 2.45) is 5.73 Å². The summed E-state index contributed by atoms with van der Waals surface area (Å²) in [6.45, 7) is 2.90. The maximum absolute atomic E-state index is 11.1. The maximum Gasteiger partial charge on any atom is 0.314 e. The fraction of sp³-hybridized carbons (Fsp3) is 0.417. The topological polar surface area (TPSA) is 75.8 Å². The van der Waals surface area contributed by atoms with Crippen molar-refractivity contribution in [3.8, 4) is 11.5 Å². The van der Waals surface area contributed by atoms with E-state index in [0.29, 0.717) is 13.1 Å². The standard InChI is InChI=1S/C12H15Cl3N2O3/c1-2-3-17(12(16)19)4-5-20-11-8(14)6-7(13)10(18)9(11)15/h6,18H,2-5H2,1H3,(H2,16,19). The van der Waals surface area contributed by atoms with E-state index >= 15 is 0 Å². The number of carbonyl (C=O) groups is 1. The van der Waals surface area contributed by atoms with E-state index in [1.165, 1.54) is 11.0 Å². The van der Waals surface area contributed by atoms with Gasteiger partial charge in [0, 0.05) is 6.54 Å². The van der Waals surface area contributed by atoms with E-state index in [2.05, 4.69) is 0 Å². The molecule has 0 aromatic heterocycles. The van der Waals surface area contributed by atoms with Crippen LogP contribution in [0.2, 0.25) is 15.1 Å². The summed E-state index contributed by atoms with van der Waals surface area (Å²) in [7, 11) is 0. The predicted octanol–water partition coefficient (Wildman–Crippen LogP) is 3.52. The zero-order valence-corrected chi connectivity index (χ0v) is 13.1. The second-order valence-electron chi connectivity index (χ2n) is 4.01. The molecule has 20 heavy (non-hydrogen) atoms. The number of phenolic OH excluding ortho intramolecular Hbond substituents is 1. The van der Waals surface area contributed by atoms with E-state index in [1.807, 2.05) is 6.92 Å². The molecule has 0 aliphatic carbocycles. The van der Waals surface area contributed by atoms with Gasteiger partial charge in [0.2, 0.25) is 0 Å². The number of phenols is 1. The molecule has 0 bridgehead atoms. The first-order chi connectivity index (χ1) is 9.38. The molecule has 0 atom stereocenters. The molecule has 0 spiro atoms. The molecule has 0 aliphatic rings. The van der Waals surface area contributed by atoms with Gasteiger partial charge in [-0.15, -0.1) is 0 Å². The first-order valence-electron chi connectivity index (χ1n) is 5.92. The fourth-order valence-electron chi connectivity index (χ4n) is 1.55. The molecule has 0 saturated heterocycles. The Labute approximate surface area is 132 Å². The van der Waals surface area contributed by atoms with Gasteiger partial charge >= 0.3 is 6.03 Å². The average Bonchev–Trinajstić information content (AvgIpc) is 2.38.